The van der Waals surface area contributed by atoms with Gasteiger partial charge in [0.2, 0.25) is 5.95 Å². The minimum absolute atomic E-state index is 0.0866. The van der Waals surface area contributed by atoms with Crippen molar-refractivity contribution in [3.63, 3.8) is 0 Å². The summed E-state index contributed by atoms with van der Waals surface area (Å²) >= 11 is 1.51. The molecule has 6 rings (SSSR count). The highest BCUT2D eigenvalue weighted by Gasteiger charge is 2.32. The van der Waals surface area contributed by atoms with Crippen LogP contribution in [0.25, 0.3) is 16.6 Å². The Bertz CT molecular complexity index is 1340. The van der Waals surface area contributed by atoms with Gasteiger partial charge in [-0.1, -0.05) is 37.0 Å². The number of aromatic nitrogens is 4. The lowest BCUT2D eigenvalue weighted by molar-refractivity contribution is 0.0678. The predicted octanol–water partition coefficient (Wildman–Crippen LogP) is 5.05. The summed E-state index contributed by atoms with van der Waals surface area (Å²) < 4.78 is 2.22. The molecular weight excluding hydrogens is 444 g/mol. The summed E-state index contributed by atoms with van der Waals surface area (Å²) in [5.41, 5.74) is 3.04. The smallest absolute Gasteiger partial charge is 0.264 e. The minimum Gasteiger partial charge on any atom is -0.338 e. The first-order valence-corrected chi connectivity index (χ1v) is 13.2. The maximum atomic E-state index is 13.0. The molecule has 4 aromatic rings. The molecule has 0 bridgehead atoms. The third-order valence-corrected chi connectivity index (χ3v) is 8.23. The predicted molar refractivity (Wildman–Crippen MR) is 136 cm³/mol. The Kier molecular flexibility index (Phi) is 5.48. The molecule has 0 spiro atoms. The Morgan fingerprint density at radius 1 is 1.09 bits per heavy atom. The molecule has 1 aliphatic carbocycles. The fourth-order valence-corrected chi connectivity index (χ4v) is 6.25. The van der Waals surface area contributed by atoms with Gasteiger partial charge >= 0.3 is 0 Å². The van der Waals surface area contributed by atoms with E-state index in [-0.39, 0.29) is 11.9 Å². The minimum atomic E-state index is 0.0866. The third-order valence-electron chi connectivity index (χ3n) is 7.37. The molecule has 1 saturated carbocycles. The molecule has 2 aliphatic rings. The zero-order chi connectivity index (χ0) is 23.2. The van der Waals surface area contributed by atoms with Crippen molar-refractivity contribution in [3.05, 3.63) is 52.0 Å². The number of hydrogen-bond donors (Lipinski definition) is 0. The van der Waals surface area contributed by atoms with E-state index in [2.05, 4.69) is 41.3 Å². The van der Waals surface area contributed by atoms with E-state index in [0.29, 0.717) is 12.5 Å². The summed E-state index contributed by atoms with van der Waals surface area (Å²) in [5.74, 6) is 2.50. The van der Waals surface area contributed by atoms with Crippen molar-refractivity contribution < 1.29 is 4.79 Å². The lowest BCUT2D eigenvalue weighted by Gasteiger charge is -2.40. The van der Waals surface area contributed by atoms with Crippen LogP contribution in [0, 0.1) is 6.92 Å². The molecule has 1 atom stereocenters. The van der Waals surface area contributed by atoms with Crippen LogP contribution in [0.15, 0.2) is 35.7 Å². The molecule has 0 N–H and O–H groups in total. The van der Waals surface area contributed by atoms with E-state index in [4.69, 9.17) is 15.2 Å². The standard InChI is InChI=1S/C26H30N6OS/c1-17-10-11-21-20(15-17)24-29-28-23(19-7-4-3-5-8-19)32(24)26(27-21)30-12-13-31(18(2)16-30)25(33)22-9-6-14-34-22/h6,9-11,14-15,18-19H,3-5,7-8,12-13,16H2,1-2H3. The highest BCUT2D eigenvalue weighted by molar-refractivity contribution is 7.12. The van der Waals surface area contributed by atoms with Crippen molar-refractivity contribution in [1.29, 1.82) is 0 Å². The summed E-state index contributed by atoms with van der Waals surface area (Å²) in [7, 11) is 0. The van der Waals surface area contributed by atoms with Gasteiger partial charge in [-0.3, -0.25) is 4.79 Å². The molecule has 4 heterocycles. The van der Waals surface area contributed by atoms with Crippen LogP contribution in [0.1, 0.15) is 66.0 Å². The molecule has 1 amide bonds. The normalized spacial score (nSPS) is 19.9. The van der Waals surface area contributed by atoms with E-state index in [1.165, 1.54) is 36.2 Å². The average molecular weight is 475 g/mol. The second-order valence-corrected chi connectivity index (χ2v) is 10.7. The SMILES string of the molecule is Cc1ccc2nc(N3CCN(C(=O)c4cccs4)C(C)C3)n3c(C4CCCCC4)nnc3c2c1. The topological polar surface area (TPSA) is 66.6 Å². The molecule has 176 valence electrons. The molecule has 8 heteroatoms. The van der Waals surface area contributed by atoms with Crippen LogP contribution in [0.3, 0.4) is 0 Å². The zero-order valence-corrected chi connectivity index (χ0v) is 20.6. The van der Waals surface area contributed by atoms with Gasteiger partial charge in [0.15, 0.2) is 5.65 Å². The molecule has 0 radical (unpaired) electrons. The van der Waals surface area contributed by atoms with Gasteiger partial charge in [0.1, 0.15) is 5.82 Å². The first-order valence-electron chi connectivity index (χ1n) is 12.3. The van der Waals surface area contributed by atoms with Crippen LogP contribution >= 0.6 is 11.3 Å². The number of fused-ring (bicyclic) bond motifs is 3. The number of benzene rings is 1. The molecule has 2 fully saturated rings. The first-order chi connectivity index (χ1) is 16.6. The van der Waals surface area contributed by atoms with Crippen LogP contribution in [-0.4, -0.2) is 56.1 Å². The largest absolute Gasteiger partial charge is 0.338 e. The molecule has 7 nitrogen and oxygen atoms in total. The number of nitrogens with zero attached hydrogens (tertiary/aromatic N) is 6. The number of piperazine rings is 1. The van der Waals surface area contributed by atoms with Crippen molar-refractivity contribution in [1.82, 2.24) is 24.5 Å². The molecule has 34 heavy (non-hydrogen) atoms. The number of hydrogen-bond acceptors (Lipinski definition) is 6. The number of carbonyl (C=O) groups is 1. The van der Waals surface area contributed by atoms with Gasteiger partial charge < -0.3 is 9.80 Å². The van der Waals surface area contributed by atoms with Crippen LogP contribution in [0.5, 0.6) is 0 Å². The molecule has 1 unspecified atom stereocenters. The van der Waals surface area contributed by atoms with Gasteiger partial charge in [-0.15, -0.1) is 21.5 Å². The van der Waals surface area contributed by atoms with E-state index < -0.39 is 0 Å². The second-order valence-electron chi connectivity index (χ2n) is 9.76. The molecule has 1 aromatic carbocycles. The van der Waals surface area contributed by atoms with E-state index in [0.717, 1.165) is 59.1 Å². The quantitative estimate of drug-likeness (QED) is 0.416. The highest BCUT2D eigenvalue weighted by Crippen LogP contribution is 2.35. The van der Waals surface area contributed by atoms with Gasteiger partial charge in [-0.2, -0.15) is 0 Å². The summed E-state index contributed by atoms with van der Waals surface area (Å²) in [6.45, 7) is 6.39. The Hall–Kier alpha value is -3.00. The Morgan fingerprint density at radius 3 is 2.71 bits per heavy atom. The highest BCUT2D eigenvalue weighted by atomic mass is 32.1. The van der Waals surface area contributed by atoms with Crippen molar-refractivity contribution >= 4 is 39.7 Å². The van der Waals surface area contributed by atoms with Crippen LogP contribution in [0.2, 0.25) is 0 Å². The zero-order valence-electron chi connectivity index (χ0n) is 19.8. The number of aryl methyl sites for hydroxylation is 1. The monoisotopic (exact) mass is 474 g/mol. The Morgan fingerprint density at radius 2 is 1.94 bits per heavy atom. The average Bonchev–Trinajstić information content (AvgIpc) is 3.55. The lowest BCUT2D eigenvalue weighted by atomic mass is 9.89. The van der Waals surface area contributed by atoms with Crippen molar-refractivity contribution in [3.8, 4) is 0 Å². The summed E-state index contributed by atoms with van der Waals surface area (Å²) in [6.07, 6.45) is 6.11. The van der Waals surface area contributed by atoms with Crippen LogP contribution < -0.4 is 4.90 Å². The van der Waals surface area contributed by atoms with E-state index in [9.17, 15) is 4.79 Å². The fraction of sp³-hybridized carbons (Fsp3) is 0.462. The number of rotatable bonds is 3. The summed E-state index contributed by atoms with van der Waals surface area (Å²) in [5, 5.41) is 12.4. The van der Waals surface area contributed by atoms with Crippen LogP contribution in [0.4, 0.5) is 5.95 Å². The van der Waals surface area contributed by atoms with E-state index >= 15 is 0 Å². The van der Waals surface area contributed by atoms with Crippen molar-refractivity contribution in [2.45, 2.75) is 57.9 Å². The van der Waals surface area contributed by atoms with E-state index in [1.54, 1.807) is 0 Å². The Labute approximate surface area is 203 Å². The van der Waals surface area contributed by atoms with Gasteiger partial charge in [0.25, 0.3) is 5.91 Å². The fourth-order valence-electron chi connectivity index (χ4n) is 5.57. The molecular formula is C26H30N6OS. The van der Waals surface area contributed by atoms with Gasteiger partial charge in [0.05, 0.1) is 10.4 Å². The summed E-state index contributed by atoms with van der Waals surface area (Å²) in [6, 6.07) is 10.3. The van der Waals surface area contributed by atoms with Crippen molar-refractivity contribution in [2.75, 3.05) is 24.5 Å². The van der Waals surface area contributed by atoms with Gasteiger partial charge in [0, 0.05) is 37.0 Å². The number of carbonyl (C=O) groups excluding carboxylic acids is 1. The number of anilines is 1. The maximum absolute atomic E-state index is 13.0. The maximum Gasteiger partial charge on any atom is 0.264 e. The lowest BCUT2D eigenvalue weighted by Crippen LogP contribution is -2.54. The van der Waals surface area contributed by atoms with Gasteiger partial charge in [-0.25, -0.2) is 9.38 Å². The third kappa shape index (κ3) is 3.64. The first kappa shape index (κ1) is 21.5. The molecule has 3 aromatic heterocycles. The van der Waals surface area contributed by atoms with Gasteiger partial charge in [-0.05, 0) is 50.3 Å². The molecule has 1 saturated heterocycles. The second kappa shape index (κ2) is 8.65. The summed E-state index contributed by atoms with van der Waals surface area (Å²) in [4.78, 5) is 23.3. The number of thiophene rings is 1. The van der Waals surface area contributed by atoms with Crippen LogP contribution in [-0.2, 0) is 0 Å². The molecule has 1 aliphatic heterocycles. The van der Waals surface area contributed by atoms with E-state index in [1.807, 2.05) is 22.4 Å². The number of amides is 1. The Balaban J connectivity index is 1.41. The van der Waals surface area contributed by atoms with Crippen molar-refractivity contribution in [2.24, 2.45) is 0 Å².